The van der Waals surface area contributed by atoms with Crippen molar-refractivity contribution in [2.24, 2.45) is 0 Å². The van der Waals surface area contributed by atoms with E-state index in [1.807, 2.05) is 0 Å². The van der Waals surface area contributed by atoms with Crippen molar-refractivity contribution in [1.82, 2.24) is 0 Å². The second kappa shape index (κ2) is 3.02. The molecule has 1 rings (SSSR count). The van der Waals surface area contributed by atoms with E-state index in [-0.39, 0.29) is 16.0 Å². The van der Waals surface area contributed by atoms with Crippen LogP contribution in [0.2, 0.25) is 0 Å². The molecule has 2 unspecified atom stereocenters. The van der Waals surface area contributed by atoms with Gasteiger partial charge in [-0.05, 0) is 12.8 Å². The van der Waals surface area contributed by atoms with Gasteiger partial charge in [0.1, 0.15) is 5.78 Å². The molecule has 1 aliphatic rings. The highest BCUT2D eigenvalue weighted by Gasteiger charge is 2.27. The van der Waals surface area contributed by atoms with Crippen LogP contribution < -0.4 is 0 Å². The van der Waals surface area contributed by atoms with Gasteiger partial charge in [-0.3, -0.25) is 4.79 Å². The zero-order chi connectivity index (χ0) is 6.85. The Balaban J connectivity index is 2.51. The number of rotatable bonds is 0. The summed E-state index contributed by atoms with van der Waals surface area (Å²) in [5, 5.41) is 0.0197. The van der Waals surface area contributed by atoms with Crippen molar-refractivity contribution in [3.8, 4) is 0 Å². The van der Waals surface area contributed by atoms with Crippen LogP contribution in [-0.2, 0) is 4.79 Å². The third kappa shape index (κ3) is 1.68. The SMILES string of the molecule is O=C1CCCC(Cl)C1Br. The molecule has 52 valence electrons. The molecule has 0 aliphatic heterocycles. The second-order valence-corrected chi connectivity index (χ2v) is 3.82. The molecule has 0 aromatic rings. The lowest BCUT2D eigenvalue weighted by Crippen LogP contribution is -2.28. The van der Waals surface area contributed by atoms with Gasteiger partial charge in [-0.1, -0.05) is 15.9 Å². The molecule has 0 aromatic heterocycles. The molecule has 0 aromatic carbocycles. The van der Waals surface area contributed by atoms with Crippen LogP contribution in [0.15, 0.2) is 0 Å². The number of carbonyl (C=O) groups is 1. The number of ketones is 1. The van der Waals surface area contributed by atoms with E-state index in [0.29, 0.717) is 6.42 Å². The van der Waals surface area contributed by atoms with Crippen LogP contribution in [0.3, 0.4) is 0 Å². The van der Waals surface area contributed by atoms with E-state index in [1.54, 1.807) is 0 Å². The molecule has 1 nitrogen and oxygen atoms in total. The maximum absolute atomic E-state index is 10.9. The molecule has 0 heterocycles. The average Bonchev–Trinajstić information content (AvgIpc) is 1.83. The summed E-state index contributed by atoms with van der Waals surface area (Å²) >= 11 is 9.03. The summed E-state index contributed by atoms with van der Waals surface area (Å²) in [7, 11) is 0. The molecule has 0 N–H and O–H groups in total. The summed E-state index contributed by atoms with van der Waals surface area (Å²) in [5.74, 6) is 0.251. The molecule has 0 saturated heterocycles. The first kappa shape index (κ1) is 7.55. The number of hydrogen-bond acceptors (Lipinski definition) is 1. The van der Waals surface area contributed by atoms with E-state index in [9.17, 15) is 4.79 Å². The van der Waals surface area contributed by atoms with Crippen LogP contribution >= 0.6 is 27.5 Å². The zero-order valence-corrected chi connectivity index (χ0v) is 7.28. The molecule has 0 radical (unpaired) electrons. The second-order valence-electron chi connectivity index (χ2n) is 2.28. The lowest BCUT2D eigenvalue weighted by Gasteiger charge is -2.19. The number of Topliss-reactive ketones (excluding diaryl/α,β-unsaturated/α-hetero) is 1. The van der Waals surface area contributed by atoms with E-state index in [2.05, 4.69) is 15.9 Å². The molecule has 0 amide bonds. The van der Waals surface area contributed by atoms with Crippen molar-refractivity contribution in [1.29, 1.82) is 0 Å². The molecule has 0 spiro atoms. The largest absolute Gasteiger partial charge is 0.298 e. The highest BCUT2D eigenvalue weighted by atomic mass is 79.9. The summed E-state index contributed by atoms with van der Waals surface area (Å²) in [6.07, 6.45) is 2.61. The van der Waals surface area contributed by atoms with Crippen LogP contribution in [0.5, 0.6) is 0 Å². The predicted molar refractivity (Wildman–Crippen MR) is 41.2 cm³/mol. The minimum absolute atomic E-state index is 0.0197. The molecule has 1 aliphatic carbocycles. The van der Waals surface area contributed by atoms with Gasteiger partial charge in [-0.15, -0.1) is 11.6 Å². The van der Waals surface area contributed by atoms with Crippen molar-refractivity contribution in [3.63, 3.8) is 0 Å². The van der Waals surface area contributed by atoms with Crippen LogP contribution in [0.25, 0.3) is 0 Å². The van der Waals surface area contributed by atoms with Crippen molar-refractivity contribution < 1.29 is 4.79 Å². The van der Waals surface area contributed by atoms with Crippen molar-refractivity contribution in [2.45, 2.75) is 29.5 Å². The van der Waals surface area contributed by atoms with Crippen LogP contribution in [0.4, 0.5) is 0 Å². The van der Waals surface area contributed by atoms with Gasteiger partial charge in [-0.2, -0.15) is 0 Å². The third-order valence-electron chi connectivity index (χ3n) is 1.53. The van der Waals surface area contributed by atoms with Crippen molar-refractivity contribution >= 4 is 33.3 Å². The normalized spacial score (nSPS) is 36.9. The van der Waals surface area contributed by atoms with Gasteiger partial charge in [0.05, 0.1) is 10.2 Å². The maximum atomic E-state index is 10.9. The van der Waals surface area contributed by atoms with E-state index in [4.69, 9.17) is 11.6 Å². The Bertz CT molecular complexity index is 126. The van der Waals surface area contributed by atoms with Crippen molar-refractivity contribution in [2.75, 3.05) is 0 Å². The molecule has 0 bridgehead atoms. The number of alkyl halides is 2. The minimum Gasteiger partial charge on any atom is -0.298 e. The van der Waals surface area contributed by atoms with Gasteiger partial charge in [0.2, 0.25) is 0 Å². The average molecular weight is 211 g/mol. The van der Waals surface area contributed by atoms with E-state index < -0.39 is 0 Å². The Morgan fingerprint density at radius 3 is 2.78 bits per heavy atom. The lowest BCUT2D eigenvalue weighted by molar-refractivity contribution is -0.119. The first-order valence-electron chi connectivity index (χ1n) is 3.02. The quantitative estimate of drug-likeness (QED) is 0.561. The molecular weight excluding hydrogens is 203 g/mol. The fourth-order valence-corrected chi connectivity index (χ4v) is 1.75. The molecule has 2 atom stereocenters. The van der Waals surface area contributed by atoms with Gasteiger partial charge < -0.3 is 0 Å². The highest BCUT2D eigenvalue weighted by molar-refractivity contribution is 9.10. The first-order valence-corrected chi connectivity index (χ1v) is 4.38. The Morgan fingerprint density at radius 1 is 1.67 bits per heavy atom. The van der Waals surface area contributed by atoms with E-state index in [0.717, 1.165) is 12.8 Å². The molecule has 9 heavy (non-hydrogen) atoms. The maximum Gasteiger partial charge on any atom is 0.147 e. The molecular formula is C6H8BrClO. The van der Waals surface area contributed by atoms with Gasteiger partial charge in [0.15, 0.2) is 0 Å². The smallest absolute Gasteiger partial charge is 0.147 e. The number of hydrogen-bond donors (Lipinski definition) is 0. The van der Waals surface area contributed by atoms with E-state index >= 15 is 0 Å². The lowest BCUT2D eigenvalue weighted by atomic mass is 9.99. The topological polar surface area (TPSA) is 17.1 Å². The van der Waals surface area contributed by atoms with Gasteiger partial charge >= 0.3 is 0 Å². The number of halogens is 2. The summed E-state index contributed by atoms with van der Waals surface area (Å²) in [4.78, 5) is 10.8. The van der Waals surface area contributed by atoms with Crippen molar-refractivity contribution in [3.05, 3.63) is 0 Å². The highest BCUT2D eigenvalue weighted by Crippen LogP contribution is 2.25. The Kier molecular flexibility index (Phi) is 2.53. The summed E-state index contributed by atoms with van der Waals surface area (Å²) < 4.78 is 0. The Labute approximate surface area is 67.9 Å². The Hall–Kier alpha value is 0.440. The van der Waals surface area contributed by atoms with Gasteiger partial charge in [0, 0.05) is 6.42 Å². The summed E-state index contributed by atoms with van der Waals surface area (Å²) in [5.41, 5.74) is 0. The standard InChI is InChI=1S/C6H8BrClO/c7-6-4(8)2-1-3-5(6)9/h4,6H,1-3H2. The zero-order valence-electron chi connectivity index (χ0n) is 4.94. The molecule has 1 saturated carbocycles. The fraction of sp³-hybridized carbons (Fsp3) is 0.833. The van der Waals surface area contributed by atoms with Crippen LogP contribution in [-0.4, -0.2) is 16.0 Å². The predicted octanol–water partition coefficient (Wildman–Crippen LogP) is 2.11. The van der Waals surface area contributed by atoms with Crippen LogP contribution in [0.1, 0.15) is 19.3 Å². The molecule has 3 heteroatoms. The molecule has 1 fully saturated rings. The monoisotopic (exact) mass is 210 g/mol. The minimum atomic E-state index is -0.0899. The fourth-order valence-electron chi connectivity index (χ4n) is 0.957. The van der Waals surface area contributed by atoms with Gasteiger partial charge in [-0.25, -0.2) is 0 Å². The van der Waals surface area contributed by atoms with Gasteiger partial charge in [0.25, 0.3) is 0 Å². The third-order valence-corrected chi connectivity index (χ3v) is 3.45. The number of carbonyl (C=O) groups excluding carboxylic acids is 1. The Morgan fingerprint density at radius 2 is 2.33 bits per heavy atom. The van der Waals surface area contributed by atoms with Crippen LogP contribution in [0, 0.1) is 0 Å². The first-order chi connectivity index (χ1) is 4.22. The summed E-state index contributed by atoms with van der Waals surface area (Å²) in [6, 6.07) is 0. The van der Waals surface area contributed by atoms with E-state index in [1.165, 1.54) is 0 Å². The summed E-state index contributed by atoms with van der Waals surface area (Å²) in [6.45, 7) is 0.